The molecule has 1 heterocycles. The van der Waals surface area contributed by atoms with Crippen LogP contribution in [0.3, 0.4) is 0 Å². The summed E-state index contributed by atoms with van der Waals surface area (Å²) in [5, 5.41) is 11.2. The van der Waals surface area contributed by atoms with Gasteiger partial charge in [-0.15, -0.1) is 0 Å². The molecule has 0 saturated carbocycles. The first-order valence-corrected chi connectivity index (χ1v) is 7.79. The molecule has 0 aliphatic carbocycles. The van der Waals surface area contributed by atoms with Gasteiger partial charge in [-0.2, -0.15) is 0 Å². The normalized spacial score (nSPS) is 14.6. The maximum Gasteiger partial charge on any atom is 0.338 e. The van der Waals surface area contributed by atoms with Crippen molar-refractivity contribution in [2.75, 3.05) is 13.7 Å². The number of carbonyl (C=O) groups excluding carboxylic acids is 1. The smallest absolute Gasteiger partial charge is 0.338 e. The van der Waals surface area contributed by atoms with Crippen molar-refractivity contribution in [2.24, 2.45) is 0 Å². The van der Waals surface area contributed by atoms with E-state index in [1.165, 1.54) is 7.11 Å². The van der Waals surface area contributed by atoms with E-state index in [1.807, 2.05) is 0 Å². The van der Waals surface area contributed by atoms with Gasteiger partial charge in [0.2, 0.25) is 0 Å². The van der Waals surface area contributed by atoms with Gasteiger partial charge in [0.05, 0.1) is 19.3 Å². The third-order valence-electron chi connectivity index (χ3n) is 3.95. The van der Waals surface area contributed by atoms with E-state index < -0.39 is 12.1 Å². The first-order valence-electron chi connectivity index (χ1n) is 7.41. The van der Waals surface area contributed by atoms with Crippen LogP contribution in [-0.2, 0) is 11.2 Å². The highest BCUT2D eigenvalue weighted by molar-refractivity contribution is 6.30. The van der Waals surface area contributed by atoms with Crippen LogP contribution in [0.4, 0.5) is 0 Å². The van der Waals surface area contributed by atoms with Crippen molar-refractivity contribution in [3.8, 4) is 5.75 Å². The Balaban J connectivity index is 2.07. The fraction of sp³-hybridized carbons (Fsp3) is 0.278. The van der Waals surface area contributed by atoms with Gasteiger partial charge >= 0.3 is 5.97 Å². The number of esters is 1. The molecule has 2 aromatic rings. The quantitative estimate of drug-likeness (QED) is 0.874. The number of methoxy groups -OCH3 is 1. The molecule has 120 valence electrons. The number of rotatable bonds is 3. The average Bonchev–Trinajstić information content (AvgIpc) is 2.59. The molecule has 1 aliphatic rings. The molecule has 5 heteroatoms. The largest absolute Gasteiger partial charge is 0.493 e. The van der Waals surface area contributed by atoms with Crippen molar-refractivity contribution < 1.29 is 19.4 Å². The molecule has 23 heavy (non-hydrogen) atoms. The lowest BCUT2D eigenvalue weighted by atomic mass is 9.93. The number of carbonyl (C=O) groups is 1. The van der Waals surface area contributed by atoms with E-state index in [4.69, 9.17) is 21.1 Å². The number of aliphatic hydroxyl groups is 1. The van der Waals surface area contributed by atoms with Gasteiger partial charge in [-0.3, -0.25) is 0 Å². The first-order chi connectivity index (χ1) is 11.1. The minimum Gasteiger partial charge on any atom is -0.493 e. The highest BCUT2D eigenvalue weighted by Crippen LogP contribution is 2.34. The zero-order valence-electron chi connectivity index (χ0n) is 12.7. The Bertz CT molecular complexity index is 742. The van der Waals surface area contributed by atoms with Gasteiger partial charge in [0.25, 0.3) is 0 Å². The summed E-state index contributed by atoms with van der Waals surface area (Å²) in [5.74, 6) is 0.210. The Morgan fingerprint density at radius 1 is 1.30 bits per heavy atom. The van der Waals surface area contributed by atoms with Gasteiger partial charge in [0.15, 0.2) is 0 Å². The van der Waals surface area contributed by atoms with Gasteiger partial charge in [-0.05, 0) is 48.2 Å². The third-order valence-corrected chi connectivity index (χ3v) is 4.18. The summed E-state index contributed by atoms with van der Waals surface area (Å²) in [6, 6.07) is 10.5. The zero-order valence-corrected chi connectivity index (χ0v) is 13.5. The molecule has 3 rings (SSSR count). The lowest BCUT2D eigenvalue weighted by Gasteiger charge is -2.22. The topological polar surface area (TPSA) is 55.8 Å². The van der Waals surface area contributed by atoms with Crippen molar-refractivity contribution in [2.45, 2.75) is 18.9 Å². The summed E-state index contributed by atoms with van der Waals surface area (Å²) in [7, 11) is 1.35. The van der Waals surface area contributed by atoms with Crippen LogP contribution in [0.25, 0.3) is 0 Å². The molecule has 1 atom stereocenters. The SMILES string of the molecule is COC(=O)c1cc(C(O)c2cccc(Cl)c2)cc2c1CCCO2. The highest BCUT2D eigenvalue weighted by Gasteiger charge is 2.23. The lowest BCUT2D eigenvalue weighted by molar-refractivity contribution is 0.0597. The van der Waals surface area contributed by atoms with Crippen LogP contribution < -0.4 is 4.74 Å². The van der Waals surface area contributed by atoms with Gasteiger partial charge in [0, 0.05) is 10.6 Å². The number of benzene rings is 2. The predicted molar refractivity (Wildman–Crippen MR) is 87.1 cm³/mol. The standard InChI is InChI=1S/C18H17ClO4/c1-22-18(21)15-9-12(10-16-14(15)6-3-7-23-16)17(20)11-4-2-5-13(19)8-11/h2,4-5,8-10,17,20H,3,6-7H2,1H3. The molecule has 1 N–H and O–H groups in total. The van der Waals surface area contributed by atoms with Crippen LogP contribution in [0.1, 0.15) is 39.6 Å². The van der Waals surface area contributed by atoms with Crippen molar-refractivity contribution >= 4 is 17.6 Å². The molecule has 2 aromatic carbocycles. The highest BCUT2D eigenvalue weighted by atomic mass is 35.5. The number of fused-ring (bicyclic) bond motifs is 1. The van der Waals surface area contributed by atoms with E-state index in [1.54, 1.807) is 36.4 Å². The van der Waals surface area contributed by atoms with Gasteiger partial charge in [0.1, 0.15) is 11.9 Å². The van der Waals surface area contributed by atoms with Gasteiger partial charge < -0.3 is 14.6 Å². The fourth-order valence-corrected chi connectivity index (χ4v) is 3.00. The molecule has 0 amide bonds. The summed E-state index contributed by atoms with van der Waals surface area (Å²) in [6.07, 6.45) is 0.716. The van der Waals surface area contributed by atoms with Crippen molar-refractivity contribution in [3.05, 3.63) is 63.7 Å². The second kappa shape index (κ2) is 6.60. The Hall–Kier alpha value is -2.04. The number of hydrogen-bond acceptors (Lipinski definition) is 4. The Labute approximate surface area is 139 Å². The van der Waals surface area contributed by atoms with E-state index in [2.05, 4.69) is 0 Å². The summed E-state index contributed by atoms with van der Waals surface area (Å²) >= 11 is 5.99. The number of aliphatic hydroxyl groups excluding tert-OH is 1. The third kappa shape index (κ3) is 3.19. The van der Waals surface area contributed by atoms with Gasteiger partial charge in [-0.1, -0.05) is 23.7 Å². The van der Waals surface area contributed by atoms with Crippen molar-refractivity contribution in [1.82, 2.24) is 0 Å². The average molecular weight is 333 g/mol. The Kier molecular flexibility index (Phi) is 4.55. The Morgan fingerprint density at radius 2 is 2.13 bits per heavy atom. The predicted octanol–water partition coefficient (Wildman–Crippen LogP) is 3.53. The lowest BCUT2D eigenvalue weighted by Crippen LogP contribution is -2.16. The molecule has 0 fully saturated rings. The minimum atomic E-state index is -0.895. The van der Waals surface area contributed by atoms with E-state index in [-0.39, 0.29) is 0 Å². The Morgan fingerprint density at radius 3 is 2.87 bits per heavy atom. The second-order valence-electron chi connectivity index (χ2n) is 5.45. The molecule has 0 aromatic heterocycles. The number of halogens is 1. The fourth-order valence-electron chi connectivity index (χ4n) is 2.80. The van der Waals surface area contributed by atoms with Crippen molar-refractivity contribution in [3.63, 3.8) is 0 Å². The molecule has 4 nitrogen and oxygen atoms in total. The molecule has 0 spiro atoms. The maximum atomic E-state index is 12.1. The molecule has 0 saturated heterocycles. The summed E-state index contributed by atoms with van der Waals surface area (Å²) in [6.45, 7) is 0.602. The zero-order chi connectivity index (χ0) is 16.4. The van der Waals surface area contributed by atoms with Crippen LogP contribution in [-0.4, -0.2) is 24.8 Å². The van der Waals surface area contributed by atoms with Crippen LogP contribution in [0.2, 0.25) is 5.02 Å². The van der Waals surface area contributed by atoms with E-state index in [9.17, 15) is 9.90 Å². The monoisotopic (exact) mass is 332 g/mol. The van der Waals surface area contributed by atoms with E-state index >= 15 is 0 Å². The van der Waals surface area contributed by atoms with Crippen LogP contribution in [0.15, 0.2) is 36.4 Å². The minimum absolute atomic E-state index is 0.424. The molecule has 0 bridgehead atoms. The molecular formula is C18H17ClO4. The molecule has 1 aliphatic heterocycles. The number of ether oxygens (including phenoxy) is 2. The number of hydrogen-bond donors (Lipinski definition) is 1. The molecule has 1 unspecified atom stereocenters. The van der Waals surface area contributed by atoms with Crippen LogP contribution in [0.5, 0.6) is 5.75 Å². The van der Waals surface area contributed by atoms with E-state index in [0.717, 1.165) is 18.4 Å². The van der Waals surface area contributed by atoms with Crippen LogP contribution in [0, 0.1) is 0 Å². The van der Waals surface area contributed by atoms with E-state index in [0.29, 0.717) is 34.1 Å². The maximum absolute atomic E-state index is 12.1. The molecule has 0 radical (unpaired) electrons. The molecular weight excluding hydrogens is 316 g/mol. The van der Waals surface area contributed by atoms with Gasteiger partial charge in [-0.25, -0.2) is 4.79 Å². The summed E-state index contributed by atoms with van der Waals surface area (Å²) in [4.78, 5) is 12.1. The first kappa shape index (κ1) is 15.8. The second-order valence-corrected chi connectivity index (χ2v) is 5.88. The summed E-state index contributed by atoms with van der Waals surface area (Å²) in [5.41, 5.74) is 2.52. The van der Waals surface area contributed by atoms with Crippen LogP contribution >= 0.6 is 11.6 Å². The summed E-state index contributed by atoms with van der Waals surface area (Å²) < 4.78 is 10.5. The van der Waals surface area contributed by atoms with Crippen molar-refractivity contribution in [1.29, 1.82) is 0 Å².